The number of halogens is 1. The predicted octanol–water partition coefficient (Wildman–Crippen LogP) is 2.70. The van der Waals surface area contributed by atoms with Crippen LogP contribution in [0, 0.1) is 13.8 Å². The summed E-state index contributed by atoms with van der Waals surface area (Å²) >= 11 is 0. The summed E-state index contributed by atoms with van der Waals surface area (Å²) in [4.78, 5) is 6.75. The van der Waals surface area contributed by atoms with Gasteiger partial charge in [-0.15, -0.1) is 24.0 Å². The second kappa shape index (κ2) is 6.97. The van der Waals surface area contributed by atoms with Crippen LogP contribution in [0.15, 0.2) is 23.2 Å². The maximum atomic E-state index is 4.47. The predicted molar refractivity (Wildman–Crippen MR) is 87.7 cm³/mol. The maximum Gasteiger partial charge on any atom is 0.194 e. The van der Waals surface area contributed by atoms with E-state index < -0.39 is 0 Å². The van der Waals surface area contributed by atoms with E-state index in [1.165, 1.54) is 16.7 Å². The molecule has 0 aromatic heterocycles. The number of aliphatic imine (C=N–C) groups is 1. The quantitative estimate of drug-likeness (QED) is 0.841. The highest BCUT2D eigenvalue weighted by Gasteiger charge is 2.13. The molecule has 0 radical (unpaired) electrons. The second-order valence-corrected chi connectivity index (χ2v) is 4.56. The van der Waals surface area contributed by atoms with Gasteiger partial charge in [-0.3, -0.25) is 4.99 Å². The molecule has 1 heterocycles. The minimum Gasteiger partial charge on any atom is -0.352 e. The van der Waals surface area contributed by atoms with Crippen molar-refractivity contribution < 1.29 is 0 Å². The molecule has 4 heteroatoms. The van der Waals surface area contributed by atoms with Gasteiger partial charge in [-0.1, -0.05) is 18.2 Å². The van der Waals surface area contributed by atoms with Crippen LogP contribution in [0.5, 0.6) is 0 Å². The molecule has 0 spiro atoms. The molecule has 18 heavy (non-hydrogen) atoms. The molecule has 2 rings (SSSR count). The Balaban J connectivity index is 0.00000162. The van der Waals surface area contributed by atoms with Crippen LogP contribution in [-0.2, 0) is 6.54 Å². The minimum atomic E-state index is 0. The standard InChI is InChI=1S/C14H21N3.HI/c1-4-17-8-7-15-14(17)16-10-13-6-5-11(2)12(3)9-13;/h5-6,9H,4,7-8,10H2,1-3H3,(H,15,16);1H. The lowest BCUT2D eigenvalue weighted by molar-refractivity contribution is 0.466. The molecule has 0 unspecified atom stereocenters. The van der Waals surface area contributed by atoms with Crippen LogP contribution in [0.25, 0.3) is 0 Å². The fourth-order valence-electron chi connectivity index (χ4n) is 2.05. The Morgan fingerprint density at radius 2 is 2.06 bits per heavy atom. The molecule has 1 aromatic rings. The summed E-state index contributed by atoms with van der Waals surface area (Å²) in [5.74, 6) is 1.05. The number of nitrogens with one attached hydrogen (secondary N) is 1. The molecular formula is C14H22IN3. The molecule has 1 N–H and O–H groups in total. The molecule has 0 atom stereocenters. The van der Waals surface area contributed by atoms with Crippen molar-refractivity contribution in [3.8, 4) is 0 Å². The third kappa shape index (κ3) is 3.60. The molecule has 0 fully saturated rings. The number of benzene rings is 1. The normalized spacial score (nSPS) is 14.2. The lowest BCUT2D eigenvalue weighted by atomic mass is 10.1. The van der Waals surface area contributed by atoms with E-state index in [0.717, 1.165) is 32.1 Å². The Bertz CT molecular complexity index is 429. The first-order chi connectivity index (χ1) is 8.20. The number of hydrogen-bond donors (Lipinski definition) is 1. The van der Waals surface area contributed by atoms with E-state index in [2.05, 4.69) is 54.2 Å². The van der Waals surface area contributed by atoms with E-state index in [1.54, 1.807) is 0 Å². The maximum absolute atomic E-state index is 4.47. The third-order valence-electron chi connectivity index (χ3n) is 3.33. The highest BCUT2D eigenvalue weighted by atomic mass is 127. The minimum absolute atomic E-state index is 0. The van der Waals surface area contributed by atoms with Gasteiger partial charge in [0.2, 0.25) is 0 Å². The van der Waals surface area contributed by atoms with E-state index in [1.807, 2.05) is 0 Å². The fourth-order valence-corrected chi connectivity index (χ4v) is 2.05. The summed E-state index contributed by atoms with van der Waals surface area (Å²) < 4.78 is 0. The smallest absolute Gasteiger partial charge is 0.194 e. The summed E-state index contributed by atoms with van der Waals surface area (Å²) in [6.07, 6.45) is 0. The molecule has 0 saturated carbocycles. The first-order valence-electron chi connectivity index (χ1n) is 6.30. The number of nitrogens with zero attached hydrogens (tertiary/aromatic N) is 2. The van der Waals surface area contributed by atoms with Crippen molar-refractivity contribution in [2.24, 2.45) is 4.99 Å². The Hall–Kier alpha value is -0.780. The van der Waals surface area contributed by atoms with Crippen molar-refractivity contribution in [3.63, 3.8) is 0 Å². The number of aryl methyl sites for hydroxylation is 2. The van der Waals surface area contributed by atoms with Crippen LogP contribution < -0.4 is 5.32 Å². The van der Waals surface area contributed by atoms with Crippen molar-refractivity contribution in [1.82, 2.24) is 10.2 Å². The van der Waals surface area contributed by atoms with Crippen LogP contribution in [0.2, 0.25) is 0 Å². The number of hydrogen-bond acceptors (Lipinski definition) is 3. The largest absolute Gasteiger partial charge is 0.352 e. The van der Waals surface area contributed by atoms with Gasteiger partial charge in [0.25, 0.3) is 0 Å². The number of rotatable bonds is 3. The highest BCUT2D eigenvalue weighted by molar-refractivity contribution is 14.0. The van der Waals surface area contributed by atoms with Gasteiger partial charge in [0, 0.05) is 19.6 Å². The molecule has 1 aromatic carbocycles. The second-order valence-electron chi connectivity index (χ2n) is 4.56. The number of guanidine groups is 1. The monoisotopic (exact) mass is 359 g/mol. The highest BCUT2D eigenvalue weighted by Crippen LogP contribution is 2.10. The van der Waals surface area contributed by atoms with E-state index >= 15 is 0 Å². The van der Waals surface area contributed by atoms with Gasteiger partial charge in [-0.2, -0.15) is 0 Å². The first kappa shape index (κ1) is 15.3. The molecule has 0 bridgehead atoms. The zero-order valence-electron chi connectivity index (χ0n) is 11.4. The Morgan fingerprint density at radius 1 is 1.28 bits per heavy atom. The summed E-state index contributed by atoms with van der Waals surface area (Å²) in [7, 11) is 0. The van der Waals surface area contributed by atoms with Crippen molar-refractivity contribution in [2.75, 3.05) is 19.6 Å². The lowest BCUT2D eigenvalue weighted by Crippen LogP contribution is -2.37. The Morgan fingerprint density at radius 3 is 2.72 bits per heavy atom. The van der Waals surface area contributed by atoms with Gasteiger partial charge >= 0.3 is 0 Å². The van der Waals surface area contributed by atoms with Gasteiger partial charge in [0.15, 0.2) is 5.96 Å². The molecule has 0 saturated heterocycles. The van der Waals surface area contributed by atoms with E-state index in [9.17, 15) is 0 Å². The van der Waals surface area contributed by atoms with E-state index in [4.69, 9.17) is 0 Å². The van der Waals surface area contributed by atoms with Crippen molar-refractivity contribution in [3.05, 3.63) is 34.9 Å². The SMILES string of the molecule is CCN1CCN=C1NCc1ccc(C)c(C)c1.I. The first-order valence-corrected chi connectivity index (χ1v) is 6.30. The van der Waals surface area contributed by atoms with Crippen LogP contribution in [0.3, 0.4) is 0 Å². The molecular weight excluding hydrogens is 337 g/mol. The zero-order valence-corrected chi connectivity index (χ0v) is 13.7. The van der Waals surface area contributed by atoms with Crippen molar-refractivity contribution in [2.45, 2.75) is 27.3 Å². The third-order valence-corrected chi connectivity index (χ3v) is 3.33. The molecule has 1 aliphatic rings. The average molecular weight is 359 g/mol. The van der Waals surface area contributed by atoms with Gasteiger partial charge in [0.1, 0.15) is 0 Å². The van der Waals surface area contributed by atoms with Crippen LogP contribution in [0.1, 0.15) is 23.6 Å². The van der Waals surface area contributed by atoms with E-state index in [-0.39, 0.29) is 24.0 Å². The van der Waals surface area contributed by atoms with Gasteiger partial charge < -0.3 is 10.2 Å². The molecule has 0 amide bonds. The van der Waals surface area contributed by atoms with Gasteiger partial charge in [-0.05, 0) is 37.5 Å². The molecule has 100 valence electrons. The lowest BCUT2D eigenvalue weighted by Gasteiger charge is -2.19. The van der Waals surface area contributed by atoms with Crippen molar-refractivity contribution in [1.29, 1.82) is 0 Å². The summed E-state index contributed by atoms with van der Waals surface area (Å²) in [5.41, 5.74) is 4.02. The van der Waals surface area contributed by atoms with Gasteiger partial charge in [-0.25, -0.2) is 0 Å². The summed E-state index contributed by atoms with van der Waals surface area (Å²) in [5, 5.41) is 3.42. The fraction of sp³-hybridized carbons (Fsp3) is 0.500. The summed E-state index contributed by atoms with van der Waals surface area (Å²) in [6, 6.07) is 6.61. The zero-order chi connectivity index (χ0) is 12.3. The molecule has 3 nitrogen and oxygen atoms in total. The Labute approximate surface area is 127 Å². The Kier molecular flexibility index (Phi) is 5.91. The van der Waals surface area contributed by atoms with E-state index in [0.29, 0.717) is 0 Å². The topological polar surface area (TPSA) is 27.6 Å². The van der Waals surface area contributed by atoms with Crippen molar-refractivity contribution >= 4 is 29.9 Å². The van der Waals surface area contributed by atoms with Crippen LogP contribution in [0.4, 0.5) is 0 Å². The van der Waals surface area contributed by atoms with Crippen LogP contribution >= 0.6 is 24.0 Å². The summed E-state index contributed by atoms with van der Waals surface area (Å²) in [6.45, 7) is 10.3. The number of likely N-dealkylation sites (N-methyl/N-ethyl adjacent to an activating group) is 1. The van der Waals surface area contributed by atoms with Gasteiger partial charge in [0.05, 0.1) is 6.54 Å². The molecule has 0 aliphatic carbocycles. The van der Waals surface area contributed by atoms with Crippen LogP contribution in [-0.4, -0.2) is 30.5 Å². The molecule has 1 aliphatic heterocycles. The average Bonchev–Trinajstić information content (AvgIpc) is 2.78.